The molecule has 2 aromatic rings. The fourth-order valence-corrected chi connectivity index (χ4v) is 5.59. The third-order valence-corrected chi connectivity index (χ3v) is 6.44. The summed E-state index contributed by atoms with van der Waals surface area (Å²) in [6.07, 6.45) is 5.39. The predicted molar refractivity (Wildman–Crippen MR) is 112 cm³/mol. The second kappa shape index (κ2) is 6.12. The van der Waals surface area contributed by atoms with Crippen molar-refractivity contribution in [1.29, 1.82) is 0 Å². The molecule has 0 saturated heterocycles. The summed E-state index contributed by atoms with van der Waals surface area (Å²) in [5.41, 5.74) is 9.88. The molecule has 4 rings (SSSR count). The molecule has 0 amide bonds. The maximum atomic E-state index is 2.42. The summed E-state index contributed by atoms with van der Waals surface area (Å²) in [7, 11) is 0. The monoisotopic (exact) mass is 344 g/mol. The lowest BCUT2D eigenvalue weighted by Gasteiger charge is -2.60. The quantitative estimate of drug-likeness (QED) is 0.540. The number of rotatable bonds is 3. The van der Waals surface area contributed by atoms with Crippen LogP contribution in [0.3, 0.4) is 0 Å². The van der Waals surface area contributed by atoms with E-state index in [1.54, 1.807) is 5.57 Å². The molecular formula is C26H32. The van der Waals surface area contributed by atoms with Gasteiger partial charge in [-0.05, 0) is 71.6 Å². The van der Waals surface area contributed by atoms with E-state index in [1.165, 1.54) is 53.5 Å². The molecule has 2 fully saturated rings. The molecule has 0 atom stereocenters. The topological polar surface area (TPSA) is 0 Å². The smallest absolute Gasteiger partial charge is 0.0119 e. The molecule has 0 radical (unpaired) electrons. The van der Waals surface area contributed by atoms with Crippen molar-refractivity contribution in [3.05, 3.63) is 76.4 Å². The maximum Gasteiger partial charge on any atom is -0.0119 e. The van der Waals surface area contributed by atoms with Crippen LogP contribution in [0.1, 0.15) is 81.5 Å². The fraction of sp³-hybridized carbons (Fsp3) is 0.462. The van der Waals surface area contributed by atoms with E-state index in [0.717, 1.165) is 0 Å². The van der Waals surface area contributed by atoms with Gasteiger partial charge in [-0.2, -0.15) is 0 Å². The summed E-state index contributed by atoms with van der Waals surface area (Å²) in [5.74, 6) is 0.587. The maximum absolute atomic E-state index is 2.42. The highest BCUT2D eigenvalue weighted by Crippen LogP contribution is 2.67. The van der Waals surface area contributed by atoms with E-state index in [0.29, 0.717) is 16.7 Å². The van der Waals surface area contributed by atoms with E-state index in [9.17, 15) is 0 Å². The van der Waals surface area contributed by atoms with E-state index >= 15 is 0 Å². The van der Waals surface area contributed by atoms with Crippen molar-refractivity contribution in [3.63, 3.8) is 0 Å². The Bertz CT molecular complexity index is 811. The van der Waals surface area contributed by atoms with Crippen molar-refractivity contribution in [2.45, 2.75) is 66.2 Å². The van der Waals surface area contributed by atoms with Crippen LogP contribution in [0.2, 0.25) is 0 Å². The first-order chi connectivity index (χ1) is 12.3. The lowest BCUT2D eigenvalue weighted by atomic mass is 9.44. The molecular weight excluding hydrogens is 312 g/mol. The molecule has 2 aromatic carbocycles. The van der Waals surface area contributed by atoms with Gasteiger partial charge in [0.1, 0.15) is 0 Å². The van der Waals surface area contributed by atoms with Crippen LogP contribution in [0, 0.1) is 17.8 Å². The Kier molecular flexibility index (Phi) is 4.14. The molecule has 1 spiro atoms. The van der Waals surface area contributed by atoms with Crippen molar-refractivity contribution in [2.75, 3.05) is 0 Å². The molecule has 0 unspecified atom stereocenters. The van der Waals surface area contributed by atoms with Crippen LogP contribution in [0.5, 0.6) is 0 Å². The van der Waals surface area contributed by atoms with Crippen LogP contribution in [0.15, 0.2) is 54.1 Å². The molecule has 0 aromatic heterocycles. The Labute approximate surface area is 159 Å². The lowest BCUT2D eigenvalue weighted by Crippen LogP contribution is -2.48. The van der Waals surface area contributed by atoms with Gasteiger partial charge in [0, 0.05) is 0 Å². The number of aryl methyl sites for hydroxylation is 1. The molecule has 0 aliphatic heterocycles. The van der Waals surface area contributed by atoms with Crippen molar-refractivity contribution >= 4 is 5.57 Å². The first-order valence-corrected chi connectivity index (χ1v) is 10.2. The molecule has 0 heteroatoms. The molecule has 0 bridgehead atoms. The van der Waals surface area contributed by atoms with Gasteiger partial charge in [0.2, 0.25) is 0 Å². The zero-order chi connectivity index (χ0) is 18.5. The molecule has 2 saturated carbocycles. The highest BCUT2D eigenvalue weighted by molar-refractivity contribution is 5.83. The van der Waals surface area contributed by atoms with Crippen molar-refractivity contribution in [1.82, 2.24) is 0 Å². The van der Waals surface area contributed by atoms with E-state index in [-0.39, 0.29) is 0 Å². The van der Waals surface area contributed by atoms with Gasteiger partial charge in [-0.1, -0.05) is 87.4 Å². The standard InChI is InChI=1S/C26H32/c1-18(2)20-10-12-22(13-11-20)24(21-8-6-19(3)7-9-21)23-14-26(15-23)16-25(4,5)17-26/h6-13,18H,14-17H2,1-5H3. The minimum atomic E-state index is 0.564. The van der Waals surface area contributed by atoms with Crippen molar-refractivity contribution < 1.29 is 0 Å². The van der Waals surface area contributed by atoms with Gasteiger partial charge in [0.05, 0.1) is 0 Å². The number of benzene rings is 2. The summed E-state index contributed by atoms with van der Waals surface area (Å²) in [5, 5.41) is 0. The molecule has 0 N–H and O–H groups in total. The Morgan fingerprint density at radius 2 is 1.31 bits per heavy atom. The highest BCUT2D eigenvalue weighted by atomic mass is 14.6. The molecule has 26 heavy (non-hydrogen) atoms. The minimum absolute atomic E-state index is 0.564. The van der Waals surface area contributed by atoms with Crippen molar-refractivity contribution in [3.8, 4) is 0 Å². The Hall–Kier alpha value is -1.82. The molecule has 2 aliphatic carbocycles. The van der Waals surface area contributed by atoms with Gasteiger partial charge in [0.15, 0.2) is 0 Å². The van der Waals surface area contributed by atoms with Gasteiger partial charge in [-0.3, -0.25) is 0 Å². The average molecular weight is 345 g/mol. The van der Waals surface area contributed by atoms with Gasteiger partial charge < -0.3 is 0 Å². The summed E-state index contributed by atoms with van der Waals surface area (Å²) < 4.78 is 0. The Morgan fingerprint density at radius 3 is 1.77 bits per heavy atom. The third-order valence-electron chi connectivity index (χ3n) is 6.44. The van der Waals surface area contributed by atoms with E-state index in [4.69, 9.17) is 0 Å². The zero-order valence-electron chi connectivity index (χ0n) is 17.0. The molecule has 0 nitrogen and oxygen atoms in total. The average Bonchev–Trinajstić information content (AvgIpc) is 2.53. The van der Waals surface area contributed by atoms with Crippen LogP contribution < -0.4 is 0 Å². The second-order valence-electron chi connectivity index (χ2n) is 9.99. The molecule has 2 aliphatic rings. The first-order valence-electron chi connectivity index (χ1n) is 10.2. The third kappa shape index (κ3) is 3.15. The van der Waals surface area contributed by atoms with Gasteiger partial charge in [-0.15, -0.1) is 0 Å². The van der Waals surface area contributed by atoms with Crippen LogP contribution >= 0.6 is 0 Å². The second-order valence-corrected chi connectivity index (χ2v) is 9.99. The van der Waals surface area contributed by atoms with E-state index < -0.39 is 0 Å². The van der Waals surface area contributed by atoms with Crippen LogP contribution in [0.4, 0.5) is 0 Å². The Balaban J connectivity index is 1.69. The number of allylic oxidation sites excluding steroid dienone is 1. The van der Waals surface area contributed by atoms with Crippen LogP contribution in [-0.2, 0) is 0 Å². The highest BCUT2D eigenvalue weighted by Gasteiger charge is 2.54. The van der Waals surface area contributed by atoms with Gasteiger partial charge >= 0.3 is 0 Å². The summed E-state index contributed by atoms with van der Waals surface area (Å²) in [4.78, 5) is 0. The predicted octanol–water partition coefficient (Wildman–Crippen LogP) is 7.52. The van der Waals surface area contributed by atoms with Crippen molar-refractivity contribution in [2.24, 2.45) is 10.8 Å². The normalized spacial score (nSPS) is 20.0. The van der Waals surface area contributed by atoms with E-state index in [2.05, 4.69) is 83.1 Å². The fourth-order valence-electron chi connectivity index (χ4n) is 5.59. The molecule has 136 valence electrons. The number of hydrogen-bond donors (Lipinski definition) is 0. The lowest BCUT2D eigenvalue weighted by molar-refractivity contribution is -0.0442. The van der Waals surface area contributed by atoms with Gasteiger partial charge in [-0.25, -0.2) is 0 Å². The summed E-state index contributed by atoms with van der Waals surface area (Å²) >= 11 is 0. The van der Waals surface area contributed by atoms with Crippen LogP contribution in [-0.4, -0.2) is 0 Å². The van der Waals surface area contributed by atoms with Crippen LogP contribution in [0.25, 0.3) is 5.57 Å². The summed E-state index contributed by atoms with van der Waals surface area (Å²) in [6, 6.07) is 18.4. The largest absolute Gasteiger partial charge is 0.0606 e. The molecule has 0 heterocycles. The van der Waals surface area contributed by atoms with E-state index in [1.807, 2.05) is 0 Å². The first kappa shape index (κ1) is 17.6. The SMILES string of the molecule is Cc1ccc(C(=C2CC3(C2)CC(C)(C)C3)c2ccc(C(C)C)cc2)cc1. The van der Waals surface area contributed by atoms with Gasteiger partial charge in [0.25, 0.3) is 0 Å². The Morgan fingerprint density at radius 1 is 0.808 bits per heavy atom. The summed E-state index contributed by atoms with van der Waals surface area (Å²) in [6.45, 7) is 11.5. The minimum Gasteiger partial charge on any atom is -0.0606 e. The number of hydrogen-bond acceptors (Lipinski definition) is 0. The zero-order valence-corrected chi connectivity index (χ0v) is 17.0.